The highest BCUT2D eigenvalue weighted by Gasteiger charge is 2.63. The zero-order valence-electron chi connectivity index (χ0n) is 8.81. The van der Waals surface area contributed by atoms with Gasteiger partial charge >= 0.3 is 0 Å². The highest BCUT2D eigenvalue weighted by Crippen LogP contribution is 2.54. The largest absolute Gasteiger partial charge is 0.307 e. The Morgan fingerprint density at radius 3 is 2.07 bits per heavy atom. The summed E-state index contributed by atoms with van der Waals surface area (Å²) >= 11 is 0. The molecule has 2 unspecified atom stereocenters. The molecule has 4 bridgehead atoms. The molecule has 4 heterocycles. The highest BCUT2D eigenvalue weighted by atomic mass is 15.2. The third-order valence-corrected chi connectivity index (χ3v) is 5.47. The molecular weight excluding hydrogens is 172 g/mol. The molecule has 5 rings (SSSR count). The van der Waals surface area contributed by atoms with Gasteiger partial charge in [0.15, 0.2) is 0 Å². The van der Waals surface area contributed by atoms with E-state index in [1.165, 1.54) is 51.4 Å². The Balaban J connectivity index is 1.68. The predicted molar refractivity (Wildman–Crippen MR) is 56.2 cm³/mol. The van der Waals surface area contributed by atoms with Gasteiger partial charge in [-0.15, -0.1) is 0 Å². The van der Waals surface area contributed by atoms with E-state index >= 15 is 0 Å². The number of rotatable bonds is 1. The average Bonchev–Trinajstić information content (AvgIpc) is 2.78. The van der Waals surface area contributed by atoms with Gasteiger partial charge in [-0.05, 0) is 51.4 Å². The van der Waals surface area contributed by atoms with Gasteiger partial charge in [0.25, 0.3) is 0 Å². The molecule has 78 valence electrons. The molecule has 2 N–H and O–H groups in total. The van der Waals surface area contributed by atoms with Crippen molar-refractivity contribution in [1.82, 2.24) is 10.6 Å². The Bertz CT molecular complexity index is 254. The number of fused-ring (bicyclic) bond motifs is 4. The summed E-state index contributed by atoms with van der Waals surface area (Å²) in [6.07, 6.45) is 11.6. The van der Waals surface area contributed by atoms with Gasteiger partial charge < -0.3 is 10.6 Å². The topological polar surface area (TPSA) is 24.1 Å². The molecule has 0 radical (unpaired) electrons. The van der Waals surface area contributed by atoms with Crippen LogP contribution in [-0.4, -0.2) is 23.2 Å². The number of hydrogen-bond acceptors (Lipinski definition) is 2. The minimum absolute atomic E-state index is 0.522. The van der Waals surface area contributed by atoms with Gasteiger partial charge in [-0.25, -0.2) is 0 Å². The Hall–Kier alpha value is -0.0800. The summed E-state index contributed by atoms with van der Waals surface area (Å²) in [6, 6.07) is 1.74. The molecule has 5 fully saturated rings. The first-order chi connectivity index (χ1) is 6.82. The fraction of sp³-hybridized carbons (Fsp3) is 1.00. The summed E-state index contributed by atoms with van der Waals surface area (Å²) in [6.45, 7) is 0. The smallest absolute Gasteiger partial charge is 0.0381 e. The molecule has 4 aliphatic heterocycles. The Labute approximate surface area is 85.8 Å². The zero-order chi connectivity index (χ0) is 9.23. The van der Waals surface area contributed by atoms with Crippen molar-refractivity contribution in [2.45, 2.75) is 74.5 Å². The van der Waals surface area contributed by atoms with Gasteiger partial charge in [0, 0.05) is 23.2 Å². The highest BCUT2D eigenvalue weighted by molar-refractivity contribution is 5.25. The Morgan fingerprint density at radius 1 is 0.786 bits per heavy atom. The van der Waals surface area contributed by atoms with E-state index in [4.69, 9.17) is 0 Å². The number of hydrogen-bond donors (Lipinski definition) is 2. The van der Waals surface area contributed by atoms with Crippen LogP contribution in [0.15, 0.2) is 0 Å². The van der Waals surface area contributed by atoms with Crippen LogP contribution in [0.4, 0.5) is 0 Å². The molecule has 0 spiro atoms. The minimum atomic E-state index is 0.522. The molecule has 14 heavy (non-hydrogen) atoms. The predicted octanol–water partition coefficient (Wildman–Crippen LogP) is 1.56. The minimum Gasteiger partial charge on any atom is -0.307 e. The van der Waals surface area contributed by atoms with Gasteiger partial charge in [0.05, 0.1) is 0 Å². The van der Waals surface area contributed by atoms with Crippen molar-refractivity contribution in [2.24, 2.45) is 0 Å². The second-order valence-electron chi connectivity index (χ2n) is 6.02. The van der Waals surface area contributed by atoms with Gasteiger partial charge in [0.2, 0.25) is 0 Å². The average molecular weight is 192 g/mol. The molecule has 0 amide bonds. The van der Waals surface area contributed by atoms with Crippen molar-refractivity contribution >= 4 is 0 Å². The first-order valence-electron chi connectivity index (χ1n) is 6.37. The molecule has 2 atom stereocenters. The number of nitrogens with one attached hydrogen (secondary N) is 2. The van der Waals surface area contributed by atoms with E-state index in [-0.39, 0.29) is 0 Å². The quantitative estimate of drug-likeness (QED) is 0.659. The van der Waals surface area contributed by atoms with Crippen LogP contribution < -0.4 is 10.6 Å². The van der Waals surface area contributed by atoms with Crippen LogP contribution in [0.25, 0.3) is 0 Å². The third kappa shape index (κ3) is 0.772. The van der Waals surface area contributed by atoms with Crippen molar-refractivity contribution in [1.29, 1.82) is 0 Å². The summed E-state index contributed by atoms with van der Waals surface area (Å²) in [5, 5.41) is 7.82. The van der Waals surface area contributed by atoms with Crippen molar-refractivity contribution in [3.05, 3.63) is 0 Å². The van der Waals surface area contributed by atoms with E-state index in [1.807, 2.05) is 0 Å². The lowest BCUT2D eigenvalue weighted by Gasteiger charge is -2.62. The van der Waals surface area contributed by atoms with Crippen LogP contribution in [0, 0.1) is 0 Å². The lowest BCUT2D eigenvalue weighted by atomic mass is 9.58. The van der Waals surface area contributed by atoms with Gasteiger partial charge in [0.1, 0.15) is 0 Å². The van der Waals surface area contributed by atoms with Crippen LogP contribution >= 0.6 is 0 Å². The molecule has 1 aliphatic carbocycles. The molecule has 2 heteroatoms. The maximum Gasteiger partial charge on any atom is 0.0381 e. The first kappa shape index (κ1) is 8.12. The summed E-state index contributed by atoms with van der Waals surface area (Å²) in [5.41, 5.74) is 1.05. The second-order valence-corrected chi connectivity index (χ2v) is 6.02. The van der Waals surface area contributed by atoms with E-state index in [1.54, 1.807) is 0 Å². The van der Waals surface area contributed by atoms with Gasteiger partial charge in [-0.3, -0.25) is 0 Å². The van der Waals surface area contributed by atoms with Crippen molar-refractivity contribution < 1.29 is 0 Å². The zero-order valence-corrected chi connectivity index (χ0v) is 8.81. The van der Waals surface area contributed by atoms with Crippen LogP contribution in [-0.2, 0) is 0 Å². The standard InChI is InChI=1S/C12H20N2/c1-2-10-8-12(5-1,14-10)11-6-3-9(13-11)4-7-11/h9-10,13-14H,1-8H2. The molecule has 0 aromatic rings. The van der Waals surface area contributed by atoms with Crippen molar-refractivity contribution in [3.8, 4) is 0 Å². The van der Waals surface area contributed by atoms with Crippen molar-refractivity contribution in [3.63, 3.8) is 0 Å². The number of piperidine rings is 1. The summed E-state index contributed by atoms with van der Waals surface area (Å²) in [5.74, 6) is 0. The molecule has 4 saturated heterocycles. The summed E-state index contributed by atoms with van der Waals surface area (Å²) in [7, 11) is 0. The molecule has 0 aromatic carbocycles. The van der Waals surface area contributed by atoms with Crippen LogP contribution in [0.1, 0.15) is 51.4 Å². The van der Waals surface area contributed by atoms with E-state index in [2.05, 4.69) is 10.6 Å². The first-order valence-corrected chi connectivity index (χ1v) is 6.37. The van der Waals surface area contributed by atoms with Crippen LogP contribution in [0.5, 0.6) is 0 Å². The maximum atomic E-state index is 3.93. The van der Waals surface area contributed by atoms with Crippen LogP contribution in [0.2, 0.25) is 0 Å². The van der Waals surface area contributed by atoms with Gasteiger partial charge in [-0.1, -0.05) is 0 Å². The lowest BCUT2D eigenvalue weighted by Crippen LogP contribution is -2.78. The molecule has 5 aliphatic rings. The second kappa shape index (κ2) is 2.35. The fourth-order valence-corrected chi connectivity index (χ4v) is 4.77. The molecular formula is C12H20N2. The Kier molecular flexibility index (Phi) is 1.37. The van der Waals surface area contributed by atoms with Crippen LogP contribution in [0.3, 0.4) is 0 Å². The third-order valence-electron chi connectivity index (χ3n) is 5.47. The molecule has 2 nitrogen and oxygen atoms in total. The van der Waals surface area contributed by atoms with E-state index in [9.17, 15) is 0 Å². The summed E-state index contributed by atoms with van der Waals surface area (Å²) in [4.78, 5) is 0. The monoisotopic (exact) mass is 192 g/mol. The molecule has 1 saturated carbocycles. The molecule has 0 aromatic heterocycles. The summed E-state index contributed by atoms with van der Waals surface area (Å²) < 4.78 is 0. The van der Waals surface area contributed by atoms with E-state index in [0.29, 0.717) is 11.1 Å². The SMILES string of the molecule is C1CC2CC(C34CCC(CC3)N4)(C1)N2. The van der Waals surface area contributed by atoms with Gasteiger partial charge in [-0.2, -0.15) is 0 Å². The van der Waals surface area contributed by atoms with E-state index in [0.717, 1.165) is 12.1 Å². The normalized spacial score (nSPS) is 60.0. The van der Waals surface area contributed by atoms with Crippen molar-refractivity contribution in [2.75, 3.05) is 0 Å². The Morgan fingerprint density at radius 2 is 1.57 bits per heavy atom. The maximum absolute atomic E-state index is 3.93. The fourth-order valence-electron chi connectivity index (χ4n) is 4.77. The lowest BCUT2D eigenvalue weighted by molar-refractivity contribution is -0.00849. The van der Waals surface area contributed by atoms with E-state index < -0.39 is 0 Å².